The lowest BCUT2D eigenvalue weighted by atomic mass is 10.1. The maximum atomic E-state index is 12.9. The number of carbonyl (C=O) groups is 2. The summed E-state index contributed by atoms with van der Waals surface area (Å²) in [6.45, 7) is 0.0184. The van der Waals surface area contributed by atoms with Crippen LogP contribution in [0.2, 0.25) is 0 Å². The lowest BCUT2D eigenvalue weighted by molar-refractivity contribution is -0.121. The molecule has 0 bridgehead atoms. The molecule has 1 aliphatic carbocycles. The average molecular weight is 375 g/mol. The Balaban J connectivity index is 1.56. The molecule has 1 heterocycles. The molecule has 28 heavy (non-hydrogen) atoms. The van der Waals surface area contributed by atoms with Crippen LogP contribution in [0.1, 0.15) is 23.2 Å². The summed E-state index contributed by atoms with van der Waals surface area (Å²) in [7, 11) is 1.62. The fourth-order valence-corrected chi connectivity index (χ4v) is 2.98. The highest BCUT2D eigenvalue weighted by atomic mass is 16.4. The molecule has 142 valence electrons. The van der Waals surface area contributed by atoms with Crippen LogP contribution in [0.3, 0.4) is 0 Å². The first-order valence-electron chi connectivity index (χ1n) is 9.27. The maximum absolute atomic E-state index is 12.9. The molecule has 1 N–H and O–H groups in total. The van der Waals surface area contributed by atoms with Crippen LogP contribution in [-0.2, 0) is 4.79 Å². The number of benzene rings is 2. The lowest BCUT2D eigenvalue weighted by Crippen LogP contribution is -2.39. The smallest absolute Gasteiger partial charge is 0.254 e. The molecule has 6 nitrogen and oxygen atoms in total. The molecule has 0 atom stereocenters. The molecule has 2 aromatic carbocycles. The molecule has 3 aromatic rings. The van der Waals surface area contributed by atoms with Crippen LogP contribution in [0.15, 0.2) is 65.2 Å². The number of rotatable bonds is 6. The third-order valence-electron chi connectivity index (χ3n) is 4.62. The minimum atomic E-state index is -0.249. The second-order valence-electron chi connectivity index (χ2n) is 6.94. The van der Waals surface area contributed by atoms with Crippen molar-refractivity contribution in [2.45, 2.75) is 18.9 Å². The van der Waals surface area contributed by atoms with Crippen LogP contribution in [0.5, 0.6) is 0 Å². The van der Waals surface area contributed by atoms with E-state index >= 15 is 0 Å². The Kier molecular flexibility index (Phi) is 4.93. The zero-order valence-corrected chi connectivity index (χ0v) is 15.6. The predicted octanol–water partition coefficient (Wildman–Crippen LogP) is 3.36. The van der Waals surface area contributed by atoms with E-state index in [4.69, 9.17) is 4.42 Å². The van der Waals surface area contributed by atoms with Crippen molar-refractivity contribution in [2.75, 3.05) is 13.6 Å². The van der Waals surface area contributed by atoms with Gasteiger partial charge in [0, 0.05) is 24.2 Å². The zero-order valence-electron chi connectivity index (χ0n) is 15.6. The van der Waals surface area contributed by atoms with E-state index in [1.807, 2.05) is 36.4 Å². The fraction of sp³-hybridized carbons (Fsp3) is 0.227. The maximum Gasteiger partial charge on any atom is 0.254 e. The Morgan fingerprint density at radius 2 is 1.82 bits per heavy atom. The molecule has 1 saturated carbocycles. The summed E-state index contributed by atoms with van der Waals surface area (Å²) in [5, 5.41) is 2.90. The van der Waals surface area contributed by atoms with E-state index < -0.39 is 0 Å². The molecule has 6 heteroatoms. The summed E-state index contributed by atoms with van der Waals surface area (Å²) in [6.07, 6.45) is 3.68. The van der Waals surface area contributed by atoms with Gasteiger partial charge in [-0.3, -0.25) is 9.59 Å². The third kappa shape index (κ3) is 3.96. The van der Waals surface area contributed by atoms with Crippen molar-refractivity contribution in [1.82, 2.24) is 15.2 Å². The van der Waals surface area contributed by atoms with Crippen LogP contribution in [0.4, 0.5) is 0 Å². The van der Waals surface area contributed by atoms with Crippen molar-refractivity contribution >= 4 is 11.8 Å². The molecule has 0 spiro atoms. The average Bonchev–Trinajstić information content (AvgIpc) is 3.39. The quantitative estimate of drug-likeness (QED) is 0.717. The third-order valence-corrected chi connectivity index (χ3v) is 4.62. The van der Waals surface area contributed by atoms with E-state index in [-0.39, 0.29) is 24.4 Å². The Bertz CT molecular complexity index is 993. The van der Waals surface area contributed by atoms with Crippen molar-refractivity contribution in [2.24, 2.45) is 0 Å². The van der Waals surface area contributed by atoms with Gasteiger partial charge in [-0.15, -0.1) is 0 Å². The molecule has 0 radical (unpaired) electrons. The van der Waals surface area contributed by atoms with Crippen LogP contribution < -0.4 is 5.32 Å². The van der Waals surface area contributed by atoms with Gasteiger partial charge < -0.3 is 14.6 Å². The molecule has 1 aliphatic rings. The predicted molar refractivity (Wildman–Crippen MR) is 106 cm³/mol. The Hall–Kier alpha value is -3.41. The van der Waals surface area contributed by atoms with E-state index in [0.717, 1.165) is 18.4 Å². The summed E-state index contributed by atoms with van der Waals surface area (Å²) in [6, 6.07) is 17.1. The SMILES string of the molecule is CN(CC(=O)NC1CC1)C(=O)c1ccccc1-c1ncc(-c2ccccc2)o1. The summed E-state index contributed by atoms with van der Waals surface area (Å²) >= 11 is 0. The van der Waals surface area contributed by atoms with Gasteiger partial charge in [0.25, 0.3) is 5.91 Å². The highest BCUT2D eigenvalue weighted by Gasteiger charge is 2.25. The van der Waals surface area contributed by atoms with Crippen LogP contribution in [0, 0.1) is 0 Å². The molecule has 0 saturated heterocycles. The van der Waals surface area contributed by atoms with E-state index in [0.29, 0.717) is 22.8 Å². The first-order chi connectivity index (χ1) is 13.6. The van der Waals surface area contributed by atoms with Crippen molar-refractivity contribution in [3.05, 3.63) is 66.4 Å². The van der Waals surface area contributed by atoms with Crippen LogP contribution >= 0.6 is 0 Å². The van der Waals surface area contributed by atoms with Crippen LogP contribution in [-0.4, -0.2) is 41.3 Å². The molecular weight excluding hydrogens is 354 g/mol. The number of nitrogens with one attached hydrogen (secondary N) is 1. The summed E-state index contributed by atoms with van der Waals surface area (Å²) in [4.78, 5) is 30.7. The van der Waals surface area contributed by atoms with Gasteiger partial charge >= 0.3 is 0 Å². The van der Waals surface area contributed by atoms with Gasteiger partial charge in [-0.2, -0.15) is 0 Å². The minimum absolute atomic E-state index is 0.0184. The number of likely N-dealkylation sites (N-methyl/N-ethyl adjacent to an activating group) is 1. The molecular formula is C22H21N3O3. The largest absolute Gasteiger partial charge is 0.436 e. The summed E-state index contributed by atoms with van der Waals surface area (Å²) < 4.78 is 5.91. The number of aromatic nitrogens is 1. The van der Waals surface area contributed by atoms with E-state index in [9.17, 15) is 9.59 Å². The molecule has 1 fully saturated rings. The van der Waals surface area contributed by atoms with E-state index in [2.05, 4.69) is 10.3 Å². The number of hydrogen-bond donors (Lipinski definition) is 1. The number of oxazole rings is 1. The zero-order chi connectivity index (χ0) is 19.5. The Labute approximate surface area is 163 Å². The first-order valence-corrected chi connectivity index (χ1v) is 9.27. The lowest BCUT2D eigenvalue weighted by Gasteiger charge is -2.18. The monoisotopic (exact) mass is 375 g/mol. The number of nitrogens with zero attached hydrogens (tertiary/aromatic N) is 2. The van der Waals surface area contributed by atoms with Gasteiger partial charge in [0.1, 0.15) is 0 Å². The van der Waals surface area contributed by atoms with Gasteiger partial charge in [0.05, 0.1) is 18.3 Å². The molecule has 2 amide bonds. The standard InChI is InChI=1S/C22H21N3O3/c1-25(14-20(26)24-16-11-12-16)22(27)18-10-6-5-9-17(18)21-23-13-19(28-21)15-7-3-2-4-8-15/h2-10,13,16H,11-12,14H2,1H3,(H,24,26). The highest BCUT2D eigenvalue weighted by Crippen LogP contribution is 2.28. The first kappa shape index (κ1) is 18.0. The topological polar surface area (TPSA) is 75.4 Å². The van der Waals surface area contributed by atoms with Crippen LogP contribution in [0.25, 0.3) is 22.8 Å². The van der Waals surface area contributed by atoms with Gasteiger partial charge in [-0.1, -0.05) is 42.5 Å². The van der Waals surface area contributed by atoms with Crippen molar-refractivity contribution in [3.63, 3.8) is 0 Å². The van der Waals surface area contributed by atoms with Gasteiger partial charge in [-0.25, -0.2) is 4.98 Å². The molecule has 1 aromatic heterocycles. The normalized spacial score (nSPS) is 13.2. The van der Waals surface area contributed by atoms with Crippen molar-refractivity contribution in [3.8, 4) is 22.8 Å². The molecule has 0 unspecified atom stereocenters. The Morgan fingerprint density at radius 1 is 1.11 bits per heavy atom. The number of hydrogen-bond acceptors (Lipinski definition) is 4. The summed E-state index contributed by atoms with van der Waals surface area (Å²) in [5.74, 6) is 0.618. The van der Waals surface area contributed by atoms with Crippen molar-refractivity contribution < 1.29 is 14.0 Å². The fourth-order valence-electron chi connectivity index (χ4n) is 2.98. The molecule has 0 aliphatic heterocycles. The van der Waals surface area contributed by atoms with Crippen molar-refractivity contribution in [1.29, 1.82) is 0 Å². The number of carbonyl (C=O) groups excluding carboxylic acids is 2. The van der Waals surface area contributed by atoms with E-state index in [1.165, 1.54) is 4.90 Å². The van der Waals surface area contributed by atoms with Gasteiger partial charge in [0.15, 0.2) is 5.76 Å². The van der Waals surface area contributed by atoms with Gasteiger partial charge in [-0.05, 0) is 25.0 Å². The molecule has 4 rings (SSSR count). The highest BCUT2D eigenvalue weighted by molar-refractivity contribution is 6.01. The summed E-state index contributed by atoms with van der Waals surface area (Å²) in [5.41, 5.74) is 1.97. The second kappa shape index (κ2) is 7.68. The second-order valence-corrected chi connectivity index (χ2v) is 6.94. The number of amides is 2. The van der Waals surface area contributed by atoms with Gasteiger partial charge in [0.2, 0.25) is 11.8 Å². The van der Waals surface area contributed by atoms with E-state index in [1.54, 1.807) is 31.4 Å². The Morgan fingerprint density at radius 3 is 2.57 bits per heavy atom. The minimum Gasteiger partial charge on any atom is -0.436 e.